The highest BCUT2D eigenvalue weighted by atomic mass is 79.9. The van der Waals surface area contributed by atoms with Crippen LogP contribution in [0.25, 0.3) is 0 Å². The highest BCUT2D eigenvalue weighted by Crippen LogP contribution is 2.19. The molecule has 0 radical (unpaired) electrons. The van der Waals surface area contributed by atoms with E-state index in [-0.39, 0.29) is 5.78 Å². The number of carbonyl (C=O) groups excluding carboxylic acids is 1. The average Bonchev–Trinajstić information content (AvgIpc) is 2.04. The fourth-order valence-electron chi connectivity index (χ4n) is 0.976. The van der Waals surface area contributed by atoms with E-state index in [1.807, 2.05) is 0 Å². The van der Waals surface area contributed by atoms with Gasteiger partial charge >= 0.3 is 0 Å². The largest absolute Gasteiger partial charge is 0.294 e. The molecule has 1 nitrogen and oxygen atoms in total. The summed E-state index contributed by atoms with van der Waals surface area (Å²) in [5.41, 5.74) is 0.667. The molecule has 0 aromatic heterocycles. The number of halogens is 1. The van der Waals surface area contributed by atoms with Gasteiger partial charge in [-0.1, -0.05) is 15.9 Å². The third kappa shape index (κ3) is 3.04. The molecule has 0 saturated heterocycles. The molecule has 0 spiro atoms. The molecule has 0 aliphatic heterocycles. The summed E-state index contributed by atoms with van der Waals surface area (Å²) in [6, 6.07) is 5.33. The van der Waals surface area contributed by atoms with Crippen molar-refractivity contribution in [2.45, 2.75) is 16.2 Å². The Morgan fingerprint density at radius 1 is 1.38 bits per heavy atom. The zero-order valence-corrected chi connectivity index (χ0v) is 10.2. The Morgan fingerprint density at radius 3 is 2.62 bits per heavy atom. The number of benzene rings is 1. The fourth-order valence-corrected chi connectivity index (χ4v) is 1.98. The number of Topliss-reactive ketones (excluding diaryl/α,β-unsaturated/α-hetero) is 1. The van der Waals surface area contributed by atoms with Crippen LogP contribution in [0.1, 0.15) is 16.8 Å². The standard InChI is InChI=1S/C9H9BrOS2/c10-4-3-8(11)7-2-1-6(12)5-9(7)13/h1-2,5,12-13H,3-4H2. The van der Waals surface area contributed by atoms with Gasteiger partial charge in [0.25, 0.3) is 0 Å². The highest BCUT2D eigenvalue weighted by Gasteiger charge is 2.08. The molecule has 1 rings (SSSR count). The van der Waals surface area contributed by atoms with Crippen LogP contribution in [0.5, 0.6) is 0 Å². The summed E-state index contributed by atoms with van der Waals surface area (Å²) in [6.07, 6.45) is 0.499. The van der Waals surface area contributed by atoms with Crippen molar-refractivity contribution in [1.29, 1.82) is 0 Å². The lowest BCUT2D eigenvalue weighted by atomic mass is 10.1. The molecule has 0 N–H and O–H groups in total. The molecule has 4 heteroatoms. The van der Waals surface area contributed by atoms with Crippen molar-refractivity contribution < 1.29 is 4.79 Å². The SMILES string of the molecule is O=C(CCBr)c1ccc(S)cc1S. The van der Waals surface area contributed by atoms with Crippen LogP contribution >= 0.6 is 41.2 Å². The minimum absolute atomic E-state index is 0.107. The molecule has 0 heterocycles. The summed E-state index contributed by atoms with van der Waals surface area (Å²) in [6.45, 7) is 0. The van der Waals surface area contributed by atoms with Crippen LogP contribution in [-0.4, -0.2) is 11.1 Å². The normalized spacial score (nSPS) is 10.1. The second kappa shape index (κ2) is 5.08. The summed E-state index contributed by atoms with van der Waals surface area (Å²) < 4.78 is 0. The van der Waals surface area contributed by atoms with Crippen LogP contribution in [-0.2, 0) is 0 Å². The van der Waals surface area contributed by atoms with Gasteiger partial charge in [-0.3, -0.25) is 4.79 Å². The molecule has 0 amide bonds. The molecule has 70 valence electrons. The second-order valence-corrected chi connectivity index (χ2v) is 4.35. The summed E-state index contributed by atoms with van der Waals surface area (Å²) in [4.78, 5) is 13.0. The minimum atomic E-state index is 0.107. The molecule has 0 unspecified atom stereocenters. The zero-order chi connectivity index (χ0) is 9.84. The van der Waals surface area contributed by atoms with Crippen molar-refractivity contribution in [3.05, 3.63) is 23.8 Å². The summed E-state index contributed by atoms with van der Waals surface area (Å²) in [7, 11) is 0. The van der Waals surface area contributed by atoms with E-state index in [0.29, 0.717) is 22.2 Å². The van der Waals surface area contributed by atoms with Crippen molar-refractivity contribution in [2.75, 3.05) is 5.33 Å². The Labute approximate surface area is 96.9 Å². The minimum Gasteiger partial charge on any atom is -0.294 e. The topological polar surface area (TPSA) is 17.1 Å². The Balaban J connectivity index is 2.95. The quantitative estimate of drug-likeness (QED) is 0.493. The van der Waals surface area contributed by atoms with Crippen molar-refractivity contribution in [3.63, 3.8) is 0 Å². The van der Waals surface area contributed by atoms with E-state index in [9.17, 15) is 4.79 Å². The Bertz CT molecular complexity index is 325. The first kappa shape index (κ1) is 11.1. The first-order valence-electron chi connectivity index (χ1n) is 3.76. The number of rotatable bonds is 3. The predicted molar refractivity (Wildman–Crippen MR) is 63.7 cm³/mol. The van der Waals surface area contributed by atoms with Gasteiger partial charge < -0.3 is 0 Å². The molecule has 0 fully saturated rings. The molecular formula is C9H9BrOS2. The molecular weight excluding hydrogens is 268 g/mol. The Kier molecular flexibility index (Phi) is 4.35. The number of ketones is 1. The molecule has 0 bridgehead atoms. The van der Waals surface area contributed by atoms with E-state index in [2.05, 4.69) is 41.2 Å². The van der Waals surface area contributed by atoms with Gasteiger partial charge in [0.1, 0.15) is 0 Å². The van der Waals surface area contributed by atoms with E-state index < -0.39 is 0 Å². The average molecular weight is 277 g/mol. The maximum absolute atomic E-state index is 11.5. The first-order chi connectivity index (χ1) is 6.15. The second-order valence-electron chi connectivity index (χ2n) is 2.56. The third-order valence-corrected chi connectivity index (χ3v) is 2.65. The Morgan fingerprint density at radius 2 is 2.08 bits per heavy atom. The van der Waals surface area contributed by atoms with Crippen molar-refractivity contribution in [2.24, 2.45) is 0 Å². The van der Waals surface area contributed by atoms with E-state index in [1.165, 1.54) is 0 Å². The molecule has 13 heavy (non-hydrogen) atoms. The number of hydrogen-bond acceptors (Lipinski definition) is 3. The third-order valence-electron chi connectivity index (χ3n) is 1.60. The monoisotopic (exact) mass is 276 g/mol. The lowest BCUT2D eigenvalue weighted by Crippen LogP contribution is -2.00. The van der Waals surface area contributed by atoms with E-state index in [4.69, 9.17) is 0 Å². The van der Waals surface area contributed by atoms with E-state index in [0.717, 1.165) is 4.90 Å². The summed E-state index contributed by atoms with van der Waals surface area (Å²) in [5, 5.41) is 0.682. The number of alkyl halides is 1. The lowest BCUT2D eigenvalue weighted by molar-refractivity contribution is 0.0987. The lowest BCUT2D eigenvalue weighted by Gasteiger charge is -2.03. The fraction of sp³-hybridized carbons (Fsp3) is 0.222. The van der Waals surface area contributed by atoms with Crippen LogP contribution in [0.3, 0.4) is 0 Å². The van der Waals surface area contributed by atoms with E-state index >= 15 is 0 Å². The van der Waals surface area contributed by atoms with Gasteiger partial charge in [0.05, 0.1) is 0 Å². The van der Waals surface area contributed by atoms with Gasteiger partial charge in [-0.05, 0) is 18.2 Å². The van der Waals surface area contributed by atoms with Gasteiger partial charge in [-0.25, -0.2) is 0 Å². The number of thiol groups is 2. The van der Waals surface area contributed by atoms with Crippen LogP contribution in [0.15, 0.2) is 28.0 Å². The van der Waals surface area contributed by atoms with Gasteiger partial charge in [0.15, 0.2) is 5.78 Å². The predicted octanol–water partition coefficient (Wildman–Crippen LogP) is 3.23. The van der Waals surface area contributed by atoms with Crippen LogP contribution < -0.4 is 0 Å². The maximum atomic E-state index is 11.5. The molecule has 0 aliphatic rings. The maximum Gasteiger partial charge on any atom is 0.164 e. The number of carbonyl (C=O) groups is 1. The zero-order valence-electron chi connectivity index (χ0n) is 6.83. The van der Waals surface area contributed by atoms with Gasteiger partial charge in [0.2, 0.25) is 0 Å². The van der Waals surface area contributed by atoms with Gasteiger partial charge in [-0.15, -0.1) is 25.3 Å². The molecule has 0 atom stereocenters. The molecule has 1 aromatic carbocycles. The van der Waals surface area contributed by atoms with Crippen molar-refractivity contribution >= 4 is 47.0 Å². The van der Waals surface area contributed by atoms with Crippen molar-refractivity contribution in [3.8, 4) is 0 Å². The molecule has 0 saturated carbocycles. The van der Waals surface area contributed by atoms with Crippen LogP contribution in [0, 0.1) is 0 Å². The summed E-state index contributed by atoms with van der Waals surface area (Å²) in [5.74, 6) is 0.107. The van der Waals surface area contributed by atoms with Crippen LogP contribution in [0.2, 0.25) is 0 Å². The highest BCUT2D eigenvalue weighted by molar-refractivity contribution is 9.09. The molecule has 0 aliphatic carbocycles. The summed E-state index contributed by atoms with van der Waals surface area (Å²) >= 11 is 11.6. The van der Waals surface area contributed by atoms with E-state index in [1.54, 1.807) is 18.2 Å². The van der Waals surface area contributed by atoms with Gasteiger partial charge in [0, 0.05) is 27.1 Å². The van der Waals surface area contributed by atoms with Crippen molar-refractivity contribution in [1.82, 2.24) is 0 Å². The Hall–Kier alpha value is 0.0700. The first-order valence-corrected chi connectivity index (χ1v) is 5.78. The molecule has 1 aromatic rings. The smallest absolute Gasteiger partial charge is 0.164 e. The van der Waals surface area contributed by atoms with Gasteiger partial charge in [-0.2, -0.15) is 0 Å². The number of hydrogen-bond donors (Lipinski definition) is 2. The van der Waals surface area contributed by atoms with Crippen LogP contribution in [0.4, 0.5) is 0 Å².